The fourth-order valence-electron chi connectivity index (χ4n) is 2.61. The van der Waals surface area contributed by atoms with E-state index in [1.807, 2.05) is 12.1 Å². The highest BCUT2D eigenvalue weighted by atomic mass is 16.6. The lowest BCUT2D eigenvalue weighted by molar-refractivity contribution is -0.122. The van der Waals surface area contributed by atoms with E-state index < -0.39 is 0 Å². The van der Waals surface area contributed by atoms with Gasteiger partial charge >= 0.3 is 0 Å². The highest BCUT2D eigenvalue weighted by Gasteiger charge is 2.01. The minimum Gasteiger partial charge on any atom is -0.508 e. The molecular formula is C24H41NO9. The zero-order valence-corrected chi connectivity index (χ0v) is 20.3. The van der Waals surface area contributed by atoms with Crippen LogP contribution in [-0.2, 0) is 44.4 Å². The molecule has 0 aliphatic carbocycles. The summed E-state index contributed by atoms with van der Waals surface area (Å²) < 4.78 is 37.2. The molecule has 34 heavy (non-hydrogen) atoms. The molecule has 0 fully saturated rings. The van der Waals surface area contributed by atoms with Gasteiger partial charge in [0.05, 0.1) is 85.9 Å². The lowest BCUT2D eigenvalue weighted by atomic mass is 10.1. The van der Waals surface area contributed by atoms with Gasteiger partial charge in [-0.1, -0.05) is 12.1 Å². The molecule has 0 aliphatic rings. The van der Waals surface area contributed by atoms with Gasteiger partial charge in [0, 0.05) is 20.1 Å². The zero-order chi connectivity index (χ0) is 24.5. The summed E-state index contributed by atoms with van der Waals surface area (Å²) in [6.45, 7) is 7.07. The normalized spacial score (nSPS) is 11.1. The Bertz CT molecular complexity index is 586. The molecule has 10 nitrogen and oxygen atoms in total. The summed E-state index contributed by atoms with van der Waals surface area (Å²) >= 11 is 0. The predicted octanol–water partition coefficient (Wildman–Crippen LogP) is 1.19. The molecule has 196 valence electrons. The number of hydrogen-bond donors (Lipinski definition) is 2. The molecule has 0 atom stereocenters. The first-order valence-electron chi connectivity index (χ1n) is 11.7. The topological polar surface area (TPSA) is 114 Å². The molecule has 0 heterocycles. The van der Waals surface area contributed by atoms with Gasteiger partial charge in [0.25, 0.3) is 0 Å². The van der Waals surface area contributed by atoms with Gasteiger partial charge in [0.2, 0.25) is 5.91 Å². The van der Waals surface area contributed by atoms with E-state index in [4.69, 9.17) is 33.2 Å². The number of carbonyl (C=O) groups is 1. The number of phenols is 1. The molecule has 1 amide bonds. The Labute approximate surface area is 202 Å². The minimum absolute atomic E-state index is 0.0474. The second-order valence-corrected chi connectivity index (χ2v) is 7.18. The molecule has 0 unspecified atom stereocenters. The summed E-state index contributed by atoms with van der Waals surface area (Å²) in [4.78, 5) is 11.8. The van der Waals surface area contributed by atoms with Gasteiger partial charge in [-0.15, -0.1) is 0 Å². The Balaban J connectivity index is 1.73. The van der Waals surface area contributed by atoms with E-state index in [2.05, 4.69) is 5.32 Å². The maximum absolute atomic E-state index is 11.8. The molecule has 10 heteroatoms. The molecule has 1 aromatic carbocycles. The van der Waals surface area contributed by atoms with E-state index in [0.717, 1.165) is 12.0 Å². The number of rotatable bonds is 24. The SMILES string of the molecule is COCCOCCOCCOCCOCCOCCOCCC(=O)NCCc1ccc(O)cc1. The predicted molar refractivity (Wildman–Crippen MR) is 126 cm³/mol. The molecule has 0 aromatic heterocycles. The van der Waals surface area contributed by atoms with E-state index in [1.54, 1.807) is 19.2 Å². The first-order valence-corrected chi connectivity index (χ1v) is 11.7. The number of carbonyl (C=O) groups excluding carboxylic acids is 1. The summed E-state index contributed by atoms with van der Waals surface area (Å²) in [7, 11) is 1.64. The fraction of sp³-hybridized carbons (Fsp3) is 0.708. The van der Waals surface area contributed by atoms with E-state index >= 15 is 0 Å². The van der Waals surface area contributed by atoms with Crippen molar-refractivity contribution in [3.05, 3.63) is 29.8 Å². The van der Waals surface area contributed by atoms with Crippen molar-refractivity contribution in [2.75, 3.05) is 99.5 Å². The maximum atomic E-state index is 11.8. The second kappa shape index (κ2) is 23.0. The van der Waals surface area contributed by atoms with Crippen LogP contribution in [0.3, 0.4) is 0 Å². The Morgan fingerprint density at radius 3 is 1.53 bits per heavy atom. The number of methoxy groups -OCH3 is 1. The van der Waals surface area contributed by atoms with Crippen LogP contribution in [-0.4, -0.2) is 111 Å². The minimum atomic E-state index is -0.0474. The molecule has 2 N–H and O–H groups in total. The van der Waals surface area contributed by atoms with Gasteiger partial charge in [-0.2, -0.15) is 0 Å². The third-order valence-corrected chi connectivity index (χ3v) is 4.44. The molecule has 0 spiro atoms. The summed E-state index contributed by atoms with van der Waals surface area (Å²) in [5.41, 5.74) is 1.06. The van der Waals surface area contributed by atoms with E-state index in [9.17, 15) is 9.90 Å². The van der Waals surface area contributed by atoms with Gasteiger partial charge in [-0.25, -0.2) is 0 Å². The van der Waals surface area contributed by atoms with E-state index in [-0.39, 0.29) is 11.7 Å². The number of phenolic OH excluding ortho intramolecular Hbond substituents is 1. The maximum Gasteiger partial charge on any atom is 0.222 e. The molecule has 0 aliphatic heterocycles. The van der Waals surface area contributed by atoms with Crippen molar-refractivity contribution in [1.29, 1.82) is 0 Å². The molecule has 1 aromatic rings. The van der Waals surface area contributed by atoms with Gasteiger partial charge in [-0.3, -0.25) is 4.79 Å². The van der Waals surface area contributed by atoms with Gasteiger partial charge in [-0.05, 0) is 24.1 Å². The summed E-state index contributed by atoms with van der Waals surface area (Å²) in [6.07, 6.45) is 1.03. The van der Waals surface area contributed by atoms with Gasteiger partial charge in [0.15, 0.2) is 0 Å². The van der Waals surface area contributed by atoms with Crippen LogP contribution in [0.15, 0.2) is 24.3 Å². The number of ether oxygens (including phenoxy) is 7. The monoisotopic (exact) mass is 487 g/mol. The van der Waals surface area contributed by atoms with Crippen molar-refractivity contribution in [1.82, 2.24) is 5.32 Å². The lowest BCUT2D eigenvalue weighted by Crippen LogP contribution is -2.26. The molecule has 0 saturated carbocycles. The number of nitrogens with one attached hydrogen (secondary N) is 1. The molecule has 1 rings (SSSR count). The van der Waals surface area contributed by atoms with Crippen LogP contribution >= 0.6 is 0 Å². The summed E-state index contributed by atoms with van der Waals surface area (Å²) in [5, 5.41) is 12.1. The Kier molecular flexibility index (Phi) is 20.4. The average molecular weight is 488 g/mol. The Morgan fingerprint density at radius 1 is 0.676 bits per heavy atom. The van der Waals surface area contributed by atoms with Crippen LogP contribution in [0.5, 0.6) is 5.75 Å². The molecular weight excluding hydrogens is 446 g/mol. The first-order chi connectivity index (χ1) is 16.7. The first kappa shape index (κ1) is 30.2. The van der Waals surface area contributed by atoms with Crippen LogP contribution in [0.25, 0.3) is 0 Å². The van der Waals surface area contributed by atoms with Crippen molar-refractivity contribution < 1.29 is 43.1 Å². The van der Waals surface area contributed by atoms with Gasteiger partial charge < -0.3 is 43.6 Å². The van der Waals surface area contributed by atoms with E-state index in [1.165, 1.54) is 0 Å². The van der Waals surface area contributed by atoms with E-state index in [0.29, 0.717) is 98.9 Å². The van der Waals surface area contributed by atoms with Crippen LogP contribution in [0, 0.1) is 0 Å². The fourth-order valence-corrected chi connectivity index (χ4v) is 2.61. The van der Waals surface area contributed by atoms with Crippen LogP contribution < -0.4 is 5.32 Å². The van der Waals surface area contributed by atoms with Crippen LogP contribution in [0.4, 0.5) is 0 Å². The Morgan fingerprint density at radius 2 is 1.09 bits per heavy atom. The standard InChI is InChI=1S/C24H41NO9/c1-28-10-11-30-14-15-32-18-19-34-21-20-33-17-16-31-13-12-29-9-7-24(27)25-8-6-22-2-4-23(26)5-3-22/h2-5,26H,6-21H2,1H3,(H,25,27). The highest BCUT2D eigenvalue weighted by molar-refractivity contribution is 5.75. The third-order valence-electron chi connectivity index (χ3n) is 4.44. The molecule has 0 saturated heterocycles. The van der Waals surface area contributed by atoms with Gasteiger partial charge in [0.1, 0.15) is 5.75 Å². The van der Waals surface area contributed by atoms with Crippen molar-refractivity contribution >= 4 is 5.91 Å². The Hall–Kier alpha value is -1.79. The zero-order valence-electron chi connectivity index (χ0n) is 20.3. The second-order valence-electron chi connectivity index (χ2n) is 7.18. The lowest BCUT2D eigenvalue weighted by Gasteiger charge is -2.08. The third kappa shape index (κ3) is 19.7. The molecule has 0 radical (unpaired) electrons. The average Bonchev–Trinajstić information content (AvgIpc) is 2.84. The van der Waals surface area contributed by atoms with Crippen molar-refractivity contribution in [3.8, 4) is 5.75 Å². The quantitative estimate of drug-likeness (QED) is 0.208. The summed E-state index contributed by atoms with van der Waals surface area (Å²) in [5.74, 6) is 0.189. The van der Waals surface area contributed by atoms with Crippen LogP contribution in [0.1, 0.15) is 12.0 Å². The summed E-state index contributed by atoms with van der Waals surface area (Å²) in [6, 6.07) is 6.95. The number of amides is 1. The van der Waals surface area contributed by atoms with Crippen molar-refractivity contribution in [3.63, 3.8) is 0 Å². The number of aromatic hydroxyl groups is 1. The number of hydrogen-bond acceptors (Lipinski definition) is 9. The smallest absolute Gasteiger partial charge is 0.222 e. The number of benzene rings is 1. The molecule has 0 bridgehead atoms. The largest absolute Gasteiger partial charge is 0.508 e. The van der Waals surface area contributed by atoms with Crippen molar-refractivity contribution in [2.24, 2.45) is 0 Å². The highest BCUT2D eigenvalue weighted by Crippen LogP contribution is 2.09. The van der Waals surface area contributed by atoms with Crippen molar-refractivity contribution in [2.45, 2.75) is 12.8 Å². The van der Waals surface area contributed by atoms with Crippen LogP contribution in [0.2, 0.25) is 0 Å².